The molecule has 0 unspecified atom stereocenters. The number of H-pyrrole nitrogens is 1. The summed E-state index contributed by atoms with van der Waals surface area (Å²) in [6, 6.07) is 15.0. The summed E-state index contributed by atoms with van der Waals surface area (Å²) in [5.74, 6) is 0.0474. The van der Waals surface area contributed by atoms with Crippen LogP contribution in [0.2, 0.25) is 0 Å². The second-order valence-corrected chi connectivity index (χ2v) is 10.7. The summed E-state index contributed by atoms with van der Waals surface area (Å²) in [6.07, 6.45) is 4.80. The minimum absolute atomic E-state index is 0.0996. The SMILES string of the molecule is CS(=O)(=O)c1ccc(C=Cc2[nH]nc3nc(-c4ccc(O)cc4)cc(C(=O)N4CCNCC4)c23)cc1. The zero-order chi connectivity index (χ0) is 25.3. The minimum Gasteiger partial charge on any atom is -0.508 e. The molecule has 0 spiro atoms. The second-order valence-electron chi connectivity index (χ2n) is 8.65. The van der Waals surface area contributed by atoms with Gasteiger partial charge in [-0.05, 0) is 54.1 Å². The van der Waals surface area contributed by atoms with Crippen LogP contribution in [0, 0.1) is 0 Å². The molecule has 0 atom stereocenters. The van der Waals surface area contributed by atoms with Crippen LogP contribution in [-0.2, 0) is 9.84 Å². The van der Waals surface area contributed by atoms with Gasteiger partial charge in [-0.1, -0.05) is 18.2 Å². The van der Waals surface area contributed by atoms with Gasteiger partial charge in [0.2, 0.25) is 0 Å². The van der Waals surface area contributed by atoms with Gasteiger partial charge in [0, 0.05) is 38.0 Å². The average Bonchev–Trinajstić information content (AvgIpc) is 3.30. The van der Waals surface area contributed by atoms with E-state index in [0.29, 0.717) is 41.1 Å². The zero-order valence-corrected chi connectivity index (χ0v) is 20.4. The largest absolute Gasteiger partial charge is 0.508 e. The Hall–Kier alpha value is -4.02. The Morgan fingerprint density at radius 2 is 1.72 bits per heavy atom. The molecule has 0 aliphatic carbocycles. The van der Waals surface area contributed by atoms with Crippen LogP contribution in [0.15, 0.2) is 59.5 Å². The van der Waals surface area contributed by atoms with Crippen molar-refractivity contribution in [2.24, 2.45) is 0 Å². The first-order chi connectivity index (χ1) is 17.3. The van der Waals surface area contributed by atoms with Gasteiger partial charge in [-0.15, -0.1) is 0 Å². The normalized spacial score (nSPS) is 14.5. The minimum atomic E-state index is -3.27. The smallest absolute Gasteiger partial charge is 0.254 e. The van der Waals surface area contributed by atoms with Crippen molar-refractivity contribution >= 4 is 38.9 Å². The zero-order valence-electron chi connectivity index (χ0n) is 19.6. The summed E-state index contributed by atoms with van der Waals surface area (Å²) in [5.41, 5.74) is 3.67. The number of carbonyl (C=O) groups is 1. The third-order valence-electron chi connectivity index (χ3n) is 6.10. The number of nitrogens with zero attached hydrogens (tertiary/aromatic N) is 3. The number of nitrogens with one attached hydrogen (secondary N) is 2. The van der Waals surface area contributed by atoms with Gasteiger partial charge in [-0.25, -0.2) is 13.4 Å². The summed E-state index contributed by atoms with van der Waals surface area (Å²) in [7, 11) is -3.27. The summed E-state index contributed by atoms with van der Waals surface area (Å²) in [4.78, 5) is 20.4. The highest BCUT2D eigenvalue weighted by atomic mass is 32.2. The van der Waals surface area contributed by atoms with E-state index in [4.69, 9.17) is 0 Å². The number of phenolic OH excluding ortho intramolecular Hbond substituents is 1. The average molecular weight is 504 g/mol. The van der Waals surface area contributed by atoms with E-state index in [1.54, 1.807) is 60.7 Å². The summed E-state index contributed by atoms with van der Waals surface area (Å²) in [6.45, 7) is 2.67. The fourth-order valence-corrected chi connectivity index (χ4v) is 4.79. The van der Waals surface area contributed by atoms with E-state index in [-0.39, 0.29) is 16.6 Å². The molecule has 36 heavy (non-hydrogen) atoms. The molecule has 3 heterocycles. The molecule has 0 radical (unpaired) electrons. The van der Waals surface area contributed by atoms with Crippen molar-refractivity contribution in [3.8, 4) is 17.0 Å². The highest BCUT2D eigenvalue weighted by molar-refractivity contribution is 7.90. The molecule has 4 aromatic rings. The lowest BCUT2D eigenvalue weighted by molar-refractivity contribution is 0.0737. The number of aromatic amines is 1. The Balaban J connectivity index is 1.57. The Morgan fingerprint density at radius 1 is 1.03 bits per heavy atom. The number of aromatic nitrogens is 3. The lowest BCUT2D eigenvalue weighted by atomic mass is 10.0. The molecule has 1 fully saturated rings. The van der Waals surface area contributed by atoms with Gasteiger partial charge in [0.1, 0.15) is 5.75 Å². The Labute approximate surface area is 208 Å². The van der Waals surface area contributed by atoms with Gasteiger partial charge in [-0.3, -0.25) is 9.89 Å². The van der Waals surface area contributed by atoms with Crippen molar-refractivity contribution in [1.29, 1.82) is 0 Å². The fraction of sp³-hybridized carbons (Fsp3) is 0.192. The van der Waals surface area contributed by atoms with E-state index in [1.807, 2.05) is 11.0 Å². The van der Waals surface area contributed by atoms with Crippen LogP contribution in [0.1, 0.15) is 21.6 Å². The van der Waals surface area contributed by atoms with Crippen LogP contribution in [0.3, 0.4) is 0 Å². The first-order valence-corrected chi connectivity index (χ1v) is 13.4. The number of sulfone groups is 1. The molecule has 1 aliphatic heterocycles. The predicted octanol–water partition coefficient (Wildman–Crippen LogP) is 2.95. The molecule has 1 aliphatic rings. The number of aromatic hydroxyl groups is 1. The Bertz CT molecular complexity index is 1550. The molecule has 2 aromatic carbocycles. The number of pyridine rings is 1. The molecule has 2 aromatic heterocycles. The van der Waals surface area contributed by atoms with E-state index in [2.05, 4.69) is 20.5 Å². The maximum absolute atomic E-state index is 13.6. The Kier molecular flexibility index (Phi) is 6.29. The highest BCUT2D eigenvalue weighted by Gasteiger charge is 2.24. The van der Waals surface area contributed by atoms with E-state index in [0.717, 1.165) is 24.2 Å². The molecule has 1 amide bonds. The number of hydrogen-bond acceptors (Lipinski definition) is 7. The van der Waals surface area contributed by atoms with Crippen molar-refractivity contribution in [2.75, 3.05) is 32.4 Å². The summed E-state index contributed by atoms with van der Waals surface area (Å²) >= 11 is 0. The monoisotopic (exact) mass is 503 g/mol. The molecular formula is C26H25N5O4S. The van der Waals surface area contributed by atoms with Gasteiger partial charge in [0.05, 0.1) is 27.2 Å². The van der Waals surface area contributed by atoms with Crippen LogP contribution in [0.25, 0.3) is 34.4 Å². The van der Waals surface area contributed by atoms with Crippen molar-refractivity contribution < 1.29 is 18.3 Å². The topological polar surface area (TPSA) is 128 Å². The summed E-state index contributed by atoms with van der Waals surface area (Å²) < 4.78 is 23.4. The first kappa shape index (κ1) is 23.7. The number of rotatable bonds is 5. The third-order valence-corrected chi connectivity index (χ3v) is 7.23. The lowest BCUT2D eigenvalue weighted by Crippen LogP contribution is -2.46. The molecule has 184 valence electrons. The molecule has 3 N–H and O–H groups in total. The molecule has 1 saturated heterocycles. The van der Waals surface area contributed by atoms with Crippen molar-refractivity contribution in [3.63, 3.8) is 0 Å². The molecule has 5 rings (SSSR count). The van der Waals surface area contributed by atoms with E-state index >= 15 is 0 Å². The number of amides is 1. The number of fused-ring (bicyclic) bond motifs is 1. The van der Waals surface area contributed by atoms with Crippen LogP contribution in [0.5, 0.6) is 5.75 Å². The van der Waals surface area contributed by atoms with Crippen LogP contribution < -0.4 is 5.32 Å². The standard InChI is InChI=1S/C26H25N5O4S/c1-36(34,35)20-9-2-17(3-10-20)4-11-22-24-21(26(33)31-14-12-27-13-15-31)16-23(28-25(24)30-29-22)18-5-7-19(32)8-6-18/h2-11,16,27,32H,12-15H2,1H3,(H,28,29,30). The number of benzene rings is 2. The van der Waals surface area contributed by atoms with Gasteiger partial charge in [-0.2, -0.15) is 5.10 Å². The molecule has 10 heteroatoms. The van der Waals surface area contributed by atoms with E-state index in [9.17, 15) is 18.3 Å². The predicted molar refractivity (Wildman–Crippen MR) is 138 cm³/mol. The van der Waals surface area contributed by atoms with E-state index < -0.39 is 9.84 Å². The molecule has 0 bridgehead atoms. The highest BCUT2D eigenvalue weighted by Crippen LogP contribution is 2.29. The maximum atomic E-state index is 13.6. The maximum Gasteiger partial charge on any atom is 0.254 e. The van der Waals surface area contributed by atoms with Crippen LogP contribution in [-0.4, -0.2) is 71.9 Å². The summed E-state index contributed by atoms with van der Waals surface area (Å²) in [5, 5.41) is 20.9. The van der Waals surface area contributed by atoms with Crippen LogP contribution in [0.4, 0.5) is 0 Å². The molecular weight excluding hydrogens is 478 g/mol. The van der Waals surface area contributed by atoms with Gasteiger partial charge < -0.3 is 15.3 Å². The van der Waals surface area contributed by atoms with Gasteiger partial charge >= 0.3 is 0 Å². The number of piperazine rings is 1. The molecule has 9 nitrogen and oxygen atoms in total. The molecule has 0 saturated carbocycles. The Morgan fingerprint density at radius 3 is 2.39 bits per heavy atom. The van der Waals surface area contributed by atoms with Gasteiger partial charge in [0.15, 0.2) is 15.5 Å². The quantitative estimate of drug-likeness (QED) is 0.382. The second kappa shape index (κ2) is 9.56. The lowest BCUT2D eigenvalue weighted by Gasteiger charge is -2.27. The third kappa shape index (κ3) is 4.86. The first-order valence-electron chi connectivity index (χ1n) is 11.5. The van der Waals surface area contributed by atoms with Gasteiger partial charge in [0.25, 0.3) is 5.91 Å². The van der Waals surface area contributed by atoms with Crippen molar-refractivity contribution in [3.05, 3.63) is 71.4 Å². The van der Waals surface area contributed by atoms with E-state index in [1.165, 1.54) is 6.26 Å². The van der Waals surface area contributed by atoms with Crippen molar-refractivity contribution in [2.45, 2.75) is 4.90 Å². The number of carbonyl (C=O) groups excluding carboxylic acids is 1. The fourth-order valence-electron chi connectivity index (χ4n) is 4.16. The van der Waals surface area contributed by atoms with Crippen molar-refractivity contribution in [1.82, 2.24) is 25.4 Å². The number of hydrogen-bond donors (Lipinski definition) is 3. The van der Waals surface area contributed by atoms with Crippen LogP contribution >= 0.6 is 0 Å². The number of phenols is 1.